The van der Waals surface area contributed by atoms with Crippen LogP contribution in [0.25, 0.3) is 12.2 Å². The Labute approximate surface area is 230 Å². The van der Waals surface area contributed by atoms with E-state index < -0.39 is 5.97 Å². The Hall–Kier alpha value is -3.27. The van der Waals surface area contributed by atoms with Gasteiger partial charge < -0.3 is 15.1 Å². The van der Waals surface area contributed by atoms with Crippen molar-refractivity contribution in [1.29, 1.82) is 0 Å². The number of hydrogen-bond acceptors (Lipinski definition) is 3. The number of terminal acetylenes is 1. The summed E-state index contributed by atoms with van der Waals surface area (Å²) in [6, 6.07) is 0.458. The van der Waals surface area contributed by atoms with Gasteiger partial charge in [0.1, 0.15) is 0 Å². The zero-order valence-electron chi connectivity index (χ0n) is 24.2. The molecule has 0 aromatic carbocycles. The van der Waals surface area contributed by atoms with E-state index in [2.05, 4.69) is 87.1 Å². The number of carboxylic acids is 1. The van der Waals surface area contributed by atoms with Gasteiger partial charge in [-0.05, 0) is 105 Å². The topological polar surface area (TPSA) is 113 Å². The van der Waals surface area contributed by atoms with E-state index in [4.69, 9.17) is 11.5 Å². The van der Waals surface area contributed by atoms with Gasteiger partial charge in [-0.1, -0.05) is 19.8 Å². The first-order chi connectivity index (χ1) is 18.5. The van der Waals surface area contributed by atoms with Crippen molar-refractivity contribution in [3.63, 3.8) is 0 Å². The molecule has 2 aromatic rings. The molecule has 2 aliphatic heterocycles. The van der Waals surface area contributed by atoms with Gasteiger partial charge in [-0.2, -0.15) is 0 Å². The van der Waals surface area contributed by atoms with Crippen molar-refractivity contribution >= 4 is 18.1 Å². The predicted molar refractivity (Wildman–Crippen MR) is 156 cm³/mol. The average molecular weight is 525 g/mol. The number of rotatable bonds is 9. The van der Waals surface area contributed by atoms with Crippen molar-refractivity contribution in [2.75, 3.05) is 0 Å². The largest absolute Gasteiger partial charge is 0.481 e. The minimum absolute atomic E-state index is 0.0308. The summed E-state index contributed by atoms with van der Waals surface area (Å²) in [6.45, 7) is 15.3. The van der Waals surface area contributed by atoms with Crippen LogP contribution in [0, 0.1) is 26.2 Å². The number of aromatic amines is 2. The fraction of sp³-hybridized carbons (Fsp3) is 0.485. The van der Waals surface area contributed by atoms with Crippen LogP contribution in [0.5, 0.6) is 0 Å². The number of aliphatic carboxylic acids is 1. The second kappa shape index (κ2) is 8.36. The van der Waals surface area contributed by atoms with Crippen molar-refractivity contribution in [1.82, 2.24) is 20.6 Å². The molecule has 2 fully saturated rings. The molecule has 0 saturated carbocycles. The van der Waals surface area contributed by atoms with Gasteiger partial charge >= 0.3 is 5.97 Å². The third-order valence-electron chi connectivity index (χ3n) is 10.6. The third kappa shape index (κ3) is 3.33. The number of carbonyl (C=O) groups is 1. The van der Waals surface area contributed by atoms with Gasteiger partial charge in [0, 0.05) is 29.6 Å². The van der Waals surface area contributed by atoms with Crippen LogP contribution in [0.2, 0.25) is 0 Å². The number of aromatic nitrogens is 2. The summed E-state index contributed by atoms with van der Waals surface area (Å²) >= 11 is 0. The van der Waals surface area contributed by atoms with Crippen molar-refractivity contribution in [3.05, 3.63) is 66.6 Å². The lowest BCUT2D eigenvalue weighted by molar-refractivity contribution is -0.137. The smallest absolute Gasteiger partial charge is 0.303 e. The molecular weight excluding hydrogens is 484 g/mol. The number of nitrogens with one attached hydrogen (secondary N) is 4. The molecule has 3 unspecified atom stereocenters. The lowest BCUT2D eigenvalue weighted by Crippen LogP contribution is -2.40. The Morgan fingerprint density at radius 1 is 1.08 bits per heavy atom. The molecule has 0 amide bonds. The molecule has 0 radical (unpaired) electrons. The van der Waals surface area contributed by atoms with Gasteiger partial charge in [-0.15, -0.1) is 6.42 Å². The van der Waals surface area contributed by atoms with Gasteiger partial charge in [-0.3, -0.25) is 15.4 Å². The van der Waals surface area contributed by atoms with Crippen LogP contribution in [0.1, 0.15) is 87.5 Å². The van der Waals surface area contributed by atoms with Crippen LogP contribution in [-0.4, -0.2) is 43.7 Å². The van der Waals surface area contributed by atoms with Gasteiger partial charge in [0.25, 0.3) is 0 Å². The molecular formula is C33H40N4O2. The first-order valence-electron chi connectivity index (χ1n) is 14.3. The minimum atomic E-state index is -0.740. The second-order valence-corrected chi connectivity index (χ2v) is 12.1. The molecule has 4 atom stereocenters. The molecule has 39 heavy (non-hydrogen) atoms. The Balaban J connectivity index is 1.34. The summed E-state index contributed by atoms with van der Waals surface area (Å²) in [4.78, 5) is 18.5. The molecule has 6 heteroatoms. The standard InChI is InChI=1S/C33H40N4O2/c1-9-21-18(5)27(16-33-20(7)24(12-13-29(38)39)31(33,8)37-33)35-26(21)14-25-17(4)22(10-2)28(34-25)15-32-19(6)23(11-3)30(32)36-32/h2,14-15,30,34-37H,9,11-13,16H2,1,3-8H3,(H,38,39)/b25-14-,28-15-/t30?,31?,32-,33?/m1/s1. The second-order valence-electron chi connectivity index (χ2n) is 12.1. The van der Waals surface area contributed by atoms with E-state index in [9.17, 15) is 4.79 Å². The van der Waals surface area contributed by atoms with E-state index in [1.165, 1.54) is 39.1 Å². The SMILES string of the molecule is C#Cc1c(C)/c(=C/c2[nH]c(CC34NC3(C)C(CCC(=O)O)=C4C)c(C)c2CC)[nH]/c1=C\[C@]12NC1C(CC)=C2C. The number of fused-ring (bicyclic) bond motifs is 2. The molecule has 4 heterocycles. The van der Waals surface area contributed by atoms with Crippen LogP contribution in [-0.2, 0) is 17.6 Å². The molecule has 6 nitrogen and oxygen atoms in total. The summed E-state index contributed by atoms with van der Waals surface area (Å²) < 4.78 is 0. The summed E-state index contributed by atoms with van der Waals surface area (Å²) in [5, 5.41) is 18.6. The predicted octanol–water partition coefficient (Wildman–Crippen LogP) is 3.40. The summed E-state index contributed by atoms with van der Waals surface area (Å²) in [6.07, 6.45) is 14.2. The quantitative estimate of drug-likeness (QED) is 0.197. The number of H-pyrrole nitrogens is 2. The van der Waals surface area contributed by atoms with E-state index in [1.54, 1.807) is 0 Å². The van der Waals surface area contributed by atoms with E-state index in [1.807, 2.05) is 0 Å². The van der Waals surface area contributed by atoms with E-state index in [0.717, 1.165) is 46.8 Å². The summed E-state index contributed by atoms with van der Waals surface area (Å²) in [7, 11) is 0. The van der Waals surface area contributed by atoms with Crippen LogP contribution in [0.4, 0.5) is 0 Å². The lowest BCUT2D eigenvalue weighted by Gasteiger charge is -2.35. The number of hydrogen-bond donors (Lipinski definition) is 5. The molecule has 6 rings (SSSR count). The van der Waals surface area contributed by atoms with Crippen molar-refractivity contribution in [3.8, 4) is 12.3 Å². The molecule has 2 saturated heterocycles. The van der Waals surface area contributed by atoms with Crippen LogP contribution < -0.4 is 21.3 Å². The van der Waals surface area contributed by atoms with Crippen molar-refractivity contribution < 1.29 is 9.90 Å². The monoisotopic (exact) mass is 524 g/mol. The maximum atomic E-state index is 11.1. The first-order valence-corrected chi connectivity index (χ1v) is 14.3. The van der Waals surface area contributed by atoms with Crippen LogP contribution >= 0.6 is 0 Å². The van der Waals surface area contributed by atoms with Gasteiger partial charge in [0.15, 0.2) is 0 Å². The highest BCUT2D eigenvalue weighted by molar-refractivity contribution is 5.71. The number of carboxylic acid groups (broad SMARTS) is 1. The maximum absolute atomic E-state index is 11.1. The zero-order valence-corrected chi connectivity index (χ0v) is 24.2. The molecule has 5 N–H and O–H groups in total. The molecule has 4 aliphatic rings. The zero-order chi connectivity index (χ0) is 28.1. The fourth-order valence-electron chi connectivity index (χ4n) is 7.97. The summed E-state index contributed by atoms with van der Waals surface area (Å²) in [5.41, 5.74) is 12.4. The van der Waals surface area contributed by atoms with E-state index >= 15 is 0 Å². The van der Waals surface area contributed by atoms with E-state index in [-0.39, 0.29) is 23.0 Å². The normalized spacial score (nSPS) is 31.1. The van der Waals surface area contributed by atoms with Crippen molar-refractivity contribution in [2.24, 2.45) is 0 Å². The van der Waals surface area contributed by atoms with Gasteiger partial charge in [0.05, 0.1) is 33.6 Å². The van der Waals surface area contributed by atoms with E-state index in [0.29, 0.717) is 12.5 Å². The Morgan fingerprint density at radius 2 is 1.82 bits per heavy atom. The molecule has 2 aromatic heterocycles. The average Bonchev–Trinajstić information content (AvgIpc) is 3.59. The van der Waals surface area contributed by atoms with Crippen molar-refractivity contribution in [2.45, 2.75) is 103 Å². The molecule has 204 valence electrons. The Morgan fingerprint density at radius 3 is 2.41 bits per heavy atom. The Bertz CT molecular complexity index is 1670. The highest BCUT2D eigenvalue weighted by atomic mass is 16.4. The highest BCUT2D eigenvalue weighted by Crippen LogP contribution is 2.62. The lowest BCUT2D eigenvalue weighted by atomic mass is 9.66. The van der Waals surface area contributed by atoms with Crippen LogP contribution in [0.15, 0.2) is 22.3 Å². The maximum Gasteiger partial charge on any atom is 0.303 e. The van der Waals surface area contributed by atoms with Crippen LogP contribution in [0.3, 0.4) is 0 Å². The van der Waals surface area contributed by atoms with Gasteiger partial charge in [-0.25, -0.2) is 0 Å². The Kier molecular flexibility index (Phi) is 5.57. The molecule has 0 spiro atoms. The summed E-state index contributed by atoms with van der Waals surface area (Å²) in [5.74, 6) is 2.20. The first kappa shape index (κ1) is 26.0. The fourth-order valence-corrected chi connectivity index (χ4v) is 7.97. The highest BCUT2D eigenvalue weighted by Gasteiger charge is 2.74. The van der Waals surface area contributed by atoms with Gasteiger partial charge in [0.2, 0.25) is 0 Å². The third-order valence-corrected chi connectivity index (χ3v) is 10.6. The molecule has 0 bridgehead atoms. The minimum Gasteiger partial charge on any atom is -0.481 e. The molecule has 2 aliphatic carbocycles.